The molecule has 1 aromatic rings. The summed E-state index contributed by atoms with van der Waals surface area (Å²) in [7, 11) is 0. The first kappa shape index (κ1) is 13.2. The van der Waals surface area contributed by atoms with Gasteiger partial charge >= 0.3 is 0 Å². The normalized spacial score (nSPS) is 24.4. The molecule has 0 aromatic heterocycles. The van der Waals surface area contributed by atoms with E-state index < -0.39 is 0 Å². The van der Waals surface area contributed by atoms with Crippen LogP contribution in [-0.2, 0) is 0 Å². The molecule has 3 heteroatoms. The van der Waals surface area contributed by atoms with Crippen molar-refractivity contribution in [3.63, 3.8) is 0 Å². The van der Waals surface area contributed by atoms with Crippen molar-refractivity contribution in [3.8, 4) is 5.75 Å². The minimum absolute atomic E-state index is 0.231. The van der Waals surface area contributed by atoms with E-state index in [2.05, 4.69) is 48.3 Å². The zero-order valence-corrected chi connectivity index (χ0v) is 11.8. The molecule has 100 valence electrons. The Bertz CT molecular complexity index is 375. The molecule has 2 unspecified atom stereocenters. The molecule has 3 nitrogen and oxygen atoms in total. The number of nitrogens with one attached hydrogen (secondary N) is 1. The lowest BCUT2D eigenvalue weighted by atomic mass is 10.1. The highest BCUT2D eigenvalue weighted by molar-refractivity contribution is 5.50. The summed E-state index contributed by atoms with van der Waals surface area (Å²) < 4.78 is 5.67. The van der Waals surface area contributed by atoms with Crippen molar-refractivity contribution in [1.29, 1.82) is 0 Å². The predicted molar refractivity (Wildman–Crippen MR) is 76.5 cm³/mol. The highest BCUT2D eigenvalue weighted by atomic mass is 16.5. The Kier molecular flexibility index (Phi) is 4.12. The molecule has 1 fully saturated rings. The maximum atomic E-state index is 5.67. The van der Waals surface area contributed by atoms with Crippen LogP contribution in [0.1, 0.15) is 27.7 Å². The zero-order valence-electron chi connectivity index (χ0n) is 11.8. The highest BCUT2D eigenvalue weighted by Gasteiger charge is 2.22. The van der Waals surface area contributed by atoms with E-state index in [1.54, 1.807) is 0 Å². The van der Waals surface area contributed by atoms with Crippen molar-refractivity contribution in [2.45, 2.75) is 45.9 Å². The second kappa shape index (κ2) is 5.61. The molecule has 1 saturated heterocycles. The van der Waals surface area contributed by atoms with Crippen molar-refractivity contribution in [3.05, 3.63) is 24.3 Å². The van der Waals surface area contributed by atoms with Gasteiger partial charge in [0.1, 0.15) is 5.75 Å². The monoisotopic (exact) mass is 248 g/mol. The molecule has 18 heavy (non-hydrogen) atoms. The Morgan fingerprint density at radius 3 is 2.50 bits per heavy atom. The Hall–Kier alpha value is -1.22. The van der Waals surface area contributed by atoms with Crippen LogP contribution in [0.5, 0.6) is 5.75 Å². The van der Waals surface area contributed by atoms with Gasteiger partial charge in [0.2, 0.25) is 0 Å². The average molecular weight is 248 g/mol. The molecule has 0 spiro atoms. The van der Waals surface area contributed by atoms with E-state index in [-0.39, 0.29) is 6.10 Å². The molecule has 1 aliphatic rings. The van der Waals surface area contributed by atoms with Crippen LogP contribution in [0.2, 0.25) is 0 Å². The molecule has 0 radical (unpaired) electrons. The predicted octanol–water partition coefficient (Wildman–Crippen LogP) is 2.66. The van der Waals surface area contributed by atoms with Crippen LogP contribution in [0, 0.1) is 0 Å². The molecule has 1 aliphatic heterocycles. The van der Waals surface area contributed by atoms with Crippen LogP contribution in [0.25, 0.3) is 0 Å². The third kappa shape index (κ3) is 3.16. The quantitative estimate of drug-likeness (QED) is 0.890. The first-order valence-electron chi connectivity index (χ1n) is 6.83. The Labute approximate surface area is 110 Å². The lowest BCUT2D eigenvalue weighted by Crippen LogP contribution is -2.54. The SMILES string of the molecule is CC1CN(c2ccc(OC(C)C)cc2)C(C)CN1. The van der Waals surface area contributed by atoms with Gasteiger partial charge in [0.15, 0.2) is 0 Å². The van der Waals surface area contributed by atoms with Crippen molar-refractivity contribution >= 4 is 5.69 Å². The van der Waals surface area contributed by atoms with E-state index in [1.807, 2.05) is 13.8 Å². The minimum atomic E-state index is 0.231. The average Bonchev–Trinajstić information content (AvgIpc) is 2.33. The van der Waals surface area contributed by atoms with Gasteiger partial charge in [-0.1, -0.05) is 0 Å². The van der Waals surface area contributed by atoms with Crippen molar-refractivity contribution < 1.29 is 4.74 Å². The van der Waals surface area contributed by atoms with Gasteiger partial charge in [0.25, 0.3) is 0 Å². The van der Waals surface area contributed by atoms with Gasteiger partial charge < -0.3 is 15.0 Å². The number of benzene rings is 1. The number of hydrogen-bond acceptors (Lipinski definition) is 3. The summed E-state index contributed by atoms with van der Waals surface area (Å²) in [4.78, 5) is 2.46. The molecular formula is C15H24N2O. The van der Waals surface area contributed by atoms with Crippen LogP contribution in [-0.4, -0.2) is 31.3 Å². The van der Waals surface area contributed by atoms with E-state index >= 15 is 0 Å². The van der Waals surface area contributed by atoms with Gasteiger partial charge in [-0.3, -0.25) is 0 Å². The molecule has 1 heterocycles. The summed E-state index contributed by atoms with van der Waals surface area (Å²) in [5, 5.41) is 3.50. The fraction of sp³-hybridized carbons (Fsp3) is 0.600. The van der Waals surface area contributed by atoms with Crippen molar-refractivity contribution in [2.24, 2.45) is 0 Å². The van der Waals surface area contributed by atoms with Gasteiger partial charge in [-0.05, 0) is 52.0 Å². The third-order valence-corrected chi connectivity index (χ3v) is 3.30. The topological polar surface area (TPSA) is 24.5 Å². The standard InChI is InChI=1S/C15H24N2O/c1-11(2)18-15-7-5-14(6-8-15)17-10-12(3)16-9-13(17)4/h5-8,11-13,16H,9-10H2,1-4H3. The molecular weight excluding hydrogens is 224 g/mol. The second-order valence-electron chi connectivity index (χ2n) is 5.47. The largest absolute Gasteiger partial charge is 0.491 e. The first-order chi connectivity index (χ1) is 8.56. The molecule has 1 aromatic carbocycles. The van der Waals surface area contributed by atoms with Gasteiger partial charge in [0, 0.05) is 30.9 Å². The fourth-order valence-electron chi connectivity index (χ4n) is 2.37. The molecule has 0 amide bonds. The highest BCUT2D eigenvalue weighted by Crippen LogP contribution is 2.23. The molecule has 2 atom stereocenters. The third-order valence-electron chi connectivity index (χ3n) is 3.30. The van der Waals surface area contributed by atoms with E-state index in [0.717, 1.165) is 18.8 Å². The van der Waals surface area contributed by atoms with Crippen LogP contribution in [0.15, 0.2) is 24.3 Å². The van der Waals surface area contributed by atoms with Gasteiger partial charge in [0.05, 0.1) is 6.10 Å². The lowest BCUT2D eigenvalue weighted by Gasteiger charge is -2.39. The molecule has 2 rings (SSSR count). The summed E-state index contributed by atoms with van der Waals surface area (Å²) in [6.45, 7) is 10.7. The molecule has 1 N–H and O–H groups in total. The van der Waals surface area contributed by atoms with Crippen LogP contribution in [0.4, 0.5) is 5.69 Å². The summed E-state index contributed by atoms with van der Waals surface area (Å²) in [6.07, 6.45) is 0.231. The fourth-order valence-corrected chi connectivity index (χ4v) is 2.37. The Morgan fingerprint density at radius 2 is 1.89 bits per heavy atom. The molecule has 0 aliphatic carbocycles. The van der Waals surface area contributed by atoms with E-state index in [1.165, 1.54) is 5.69 Å². The van der Waals surface area contributed by atoms with Crippen LogP contribution >= 0.6 is 0 Å². The maximum Gasteiger partial charge on any atom is 0.119 e. The lowest BCUT2D eigenvalue weighted by molar-refractivity contribution is 0.242. The number of anilines is 1. The Balaban J connectivity index is 2.08. The Morgan fingerprint density at radius 1 is 1.22 bits per heavy atom. The molecule has 0 bridgehead atoms. The second-order valence-corrected chi connectivity index (χ2v) is 5.47. The number of nitrogens with zero attached hydrogens (tertiary/aromatic N) is 1. The van der Waals surface area contributed by atoms with E-state index in [4.69, 9.17) is 4.74 Å². The van der Waals surface area contributed by atoms with Crippen LogP contribution in [0.3, 0.4) is 0 Å². The van der Waals surface area contributed by atoms with Crippen LogP contribution < -0.4 is 15.0 Å². The smallest absolute Gasteiger partial charge is 0.119 e. The summed E-state index contributed by atoms with van der Waals surface area (Å²) in [5.74, 6) is 0.949. The van der Waals surface area contributed by atoms with Crippen molar-refractivity contribution in [1.82, 2.24) is 5.32 Å². The van der Waals surface area contributed by atoms with E-state index in [9.17, 15) is 0 Å². The van der Waals surface area contributed by atoms with E-state index in [0.29, 0.717) is 12.1 Å². The van der Waals surface area contributed by atoms with Crippen molar-refractivity contribution in [2.75, 3.05) is 18.0 Å². The number of rotatable bonds is 3. The van der Waals surface area contributed by atoms with Gasteiger partial charge in [-0.25, -0.2) is 0 Å². The number of ether oxygens (including phenoxy) is 1. The zero-order chi connectivity index (χ0) is 13.1. The number of hydrogen-bond donors (Lipinski definition) is 1. The van der Waals surface area contributed by atoms with Gasteiger partial charge in [-0.15, -0.1) is 0 Å². The first-order valence-corrected chi connectivity index (χ1v) is 6.83. The van der Waals surface area contributed by atoms with Gasteiger partial charge in [-0.2, -0.15) is 0 Å². The summed E-state index contributed by atoms with van der Waals surface area (Å²) in [6, 6.07) is 9.54. The number of piperazine rings is 1. The summed E-state index contributed by atoms with van der Waals surface area (Å²) in [5.41, 5.74) is 1.28. The molecule has 0 saturated carbocycles. The maximum absolute atomic E-state index is 5.67. The summed E-state index contributed by atoms with van der Waals surface area (Å²) >= 11 is 0. The minimum Gasteiger partial charge on any atom is -0.491 e.